The van der Waals surface area contributed by atoms with E-state index in [0.29, 0.717) is 74.3 Å². The van der Waals surface area contributed by atoms with E-state index in [4.69, 9.17) is 33.2 Å². The standard InChI is InChI=1S/C56H83N3O13/c1-12-38-20-32(2)19-33(3)21-48(68-9)42-29-56(65,35(5)23-49(42)69-10)53(62)54(63)59-18-14-13-15-44(59)55(64)72-52(36(6)45(60)28-46(38)61)34(4)22-37-16-17-47(50(24-37)70-11)71-31-51-57-30-43(58-51)39-25-40(66-7)27-41(26-39)67-8/h20,22,25-27,30,33,35-38,42,44-45,47-50,52,60,65H,12-19,21,23-24,28-29,31H2,1-11H3,(H,57,58)/b32-20+,34-22+/t33-,35+,36+,37?,38+,42+,44-,45-,47+,48-,49-,50+,52+,56-/m0/s1/i31+2. The number of nitrogens with one attached hydrogen (secondary N) is 1. The van der Waals surface area contributed by atoms with E-state index in [1.54, 1.807) is 61.7 Å². The van der Waals surface area contributed by atoms with Gasteiger partial charge in [-0.3, -0.25) is 14.4 Å². The second kappa shape index (κ2) is 25.7. The topological polar surface area (TPSA) is 205 Å². The molecule has 16 heteroatoms. The predicted molar refractivity (Wildman–Crippen MR) is 271 cm³/mol. The van der Waals surface area contributed by atoms with Crippen molar-refractivity contribution < 1.29 is 62.5 Å². The van der Waals surface area contributed by atoms with Gasteiger partial charge in [-0.2, -0.15) is 0 Å². The quantitative estimate of drug-likeness (QED) is 0.106. The van der Waals surface area contributed by atoms with Gasteiger partial charge in [0.2, 0.25) is 0 Å². The fraction of sp³-hybridized carbons (Fsp3) is 0.696. The number of imidazole rings is 1. The Labute approximate surface area is 426 Å². The monoisotopic (exact) mass is 1010 g/mol. The van der Waals surface area contributed by atoms with Crippen LogP contribution in [0.4, 0.5) is 0 Å². The van der Waals surface area contributed by atoms with Crippen molar-refractivity contribution in [3.8, 4) is 22.8 Å². The summed E-state index contributed by atoms with van der Waals surface area (Å²) in [6, 6.07) is 4.50. The molecule has 1 amide bonds. The van der Waals surface area contributed by atoms with Gasteiger partial charge in [0.05, 0.1) is 56.6 Å². The third-order valence-electron chi connectivity index (χ3n) is 16.3. The minimum atomic E-state index is -2.02. The molecule has 1 saturated heterocycles. The molecule has 6 rings (SSSR count). The van der Waals surface area contributed by atoms with Gasteiger partial charge in [-0.05, 0) is 120 Å². The summed E-state index contributed by atoms with van der Waals surface area (Å²) in [7, 11) is 8.10. The summed E-state index contributed by atoms with van der Waals surface area (Å²) in [5, 5.41) is 24.3. The van der Waals surface area contributed by atoms with Gasteiger partial charge >= 0.3 is 5.97 Å². The van der Waals surface area contributed by atoms with Gasteiger partial charge in [-0.25, -0.2) is 9.78 Å². The van der Waals surface area contributed by atoms with Crippen LogP contribution in [0.3, 0.4) is 0 Å². The number of Topliss-reactive ketones (excluding diaryl/α,β-unsaturated/α-hetero) is 2. The minimum Gasteiger partial charge on any atom is -0.497 e. The summed E-state index contributed by atoms with van der Waals surface area (Å²) in [5.74, 6) is -2.79. The fourth-order valence-corrected chi connectivity index (χ4v) is 11.9. The van der Waals surface area contributed by atoms with Crippen LogP contribution in [-0.2, 0) is 49.5 Å². The average Bonchev–Trinajstić information content (AvgIpc) is 3.87. The number of aromatic nitrogens is 2. The number of allylic oxidation sites excluding steroid dienone is 3. The zero-order chi connectivity index (χ0) is 52.4. The van der Waals surface area contributed by atoms with Gasteiger partial charge in [0, 0.05) is 63.7 Å². The second-order valence-corrected chi connectivity index (χ2v) is 21.3. The molecule has 0 spiro atoms. The number of hydrogen-bond acceptors (Lipinski definition) is 14. The molecule has 1 aromatic heterocycles. The zero-order valence-electron chi connectivity index (χ0n) is 44.6. The molecule has 2 aromatic rings. The Kier molecular flexibility index (Phi) is 20.3. The molecule has 3 fully saturated rings. The number of methoxy groups -OCH3 is 5. The van der Waals surface area contributed by atoms with Crippen LogP contribution < -0.4 is 9.47 Å². The van der Waals surface area contributed by atoms with Gasteiger partial charge < -0.3 is 53.3 Å². The normalized spacial score (nSPS) is 34.8. The summed E-state index contributed by atoms with van der Waals surface area (Å²) in [4.78, 5) is 66.9. The molecular weight excluding hydrogens is 925 g/mol. The molecule has 3 N–H and O–H groups in total. The van der Waals surface area contributed by atoms with Crippen LogP contribution in [0.15, 0.2) is 47.7 Å². The highest BCUT2D eigenvalue weighted by molar-refractivity contribution is 6.39. The van der Waals surface area contributed by atoms with Crippen LogP contribution in [0.1, 0.15) is 124 Å². The number of carbonyl (C=O) groups excluding carboxylic acids is 4. The van der Waals surface area contributed by atoms with Crippen molar-refractivity contribution in [1.29, 1.82) is 0 Å². The largest absolute Gasteiger partial charge is 0.497 e. The van der Waals surface area contributed by atoms with Gasteiger partial charge in [0.15, 0.2) is 0 Å². The Balaban J connectivity index is 1.25. The van der Waals surface area contributed by atoms with Crippen LogP contribution in [0.2, 0.25) is 0 Å². The Morgan fingerprint density at radius 3 is 2.24 bits per heavy atom. The third kappa shape index (κ3) is 13.4. The lowest BCUT2D eigenvalue weighted by molar-refractivity contribution is -0.178. The summed E-state index contributed by atoms with van der Waals surface area (Å²) < 4.78 is 41.8. The van der Waals surface area contributed by atoms with Gasteiger partial charge in [0.25, 0.3) is 11.7 Å². The number of rotatable bonds is 12. The van der Waals surface area contributed by atoms with Crippen molar-refractivity contribution in [2.24, 2.45) is 35.5 Å². The minimum absolute atomic E-state index is 0.00862. The molecule has 2 aliphatic heterocycles. The molecule has 16 nitrogen and oxygen atoms in total. The SMILES string of the molecule is CC[C@@H]1/C=C(\C)C[C@H](C)C[C@H](OC)[C@H]2C[C@@](O)(C(=O)C(=O)N3CCCC[C@H]3C(=O)O[C@H](/C(C)=C/C3CC[C@@H](O[14CH2]c4ncc(-c5cc(OC)cc(OC)c5)[nH]4)[C@H](OC)C3)[C@H](C)[C@@H](O)CC1=O)[C@H](C)C[C@@H]2OC. The summed E-state index contributed by atoms with van der Waals surface area (Å²) in [6.07, 6.45) is 7.85. The highest BCUT2D eigenvalue weighted by atomic mass is 16.7. The number of H-pyrrole nitrogens is 1. The maximum atomic E-state index is 14.6. The zero-order valence-corrected chi connectivity index (χ0v) is 44.6. The highest BCUT2D eigenvalue weighted by Gasteiger charge is 2.55. The smallest absolute Gasteiger partial charge is 0.329 e. The van der Waals surface area contributed by atoms with Crippen molar-refractivity contribution in [1.82, 2.24) is 14.9 Å². The molecule has 3 heterocycles. The molecule has 2 bridgehead atoms. The Morgan fingerprint density at radius 1 is 0.903 bits per heavy atom. The van der Waals surface area contributed by atoms with Crippen LogP contribution in [0.5, 0.6) is 11.5 Å². The average molecular weight is 1010 g/mol. The Hall–Kier alpha value is -4.45. The summed E-state index contributed by atoms with van der Waals surface area (Å²) in [5.41, 5.74) is 1.35. The van der Waals surface area contributed by atoms with E-state index >= 15 is 0 Å². The number of ketones is 2. The van der Waals surface area contributed by atoms with Crippen molar-refractivity contribution in [3.05, 3.63) is 53.5 Å². The van der Waals surface area contributed by atoms with E-state index in [0.717, 1.165) is 23.3 Å². The molecule has 0 radical (unpaired) electrons. The number of hydrogen-bond donors (Lipinski definition) is 3. The maximum absolute atomic E-state index is 14.6. The van der Waals surface area contributed by atoms with E-state index in [1.807, 2.05) is 39.0 Å². The van der Waals surface area contributed by atoms with Gasteiger partial charge in [-0.15, -0.1) is 0 Å². The maximum Gasteiger partial charge on any atom is 0.329 e. The van der Waals surface area contributed by atoms with Crippen molar-refractivity contribution in [2.45, 2.75) is 173 Å². The Bertz CT molecular complexity index is 2200. The van der Waals surface area contributed by atoms with Crippen LogP contribution in [-0.4, -0.2) is 139 Å². The fourth-order valence-electron chi connectivity index (χ4n) is 11.9. The molecule has 14 atom stereocenters. The molecule has 1 unspecified atom stereocenters. The van der Waals surface area contributed by atoms with Crippen molar-refractivity contribution in [2.75, 3.05) is 42.1 Å². The molecule has 4 aliphatic rings. The first-order valence-electron chi connectivity index (χ1n) is 26.2. The van der Waals surface area contributed by atoms with E-state index in [9.17, 15) is 29.4 Å². The van der Waals surface area contributed by atoms with E-state index in [-0.39, 0.29) is 68.3 Å². The number of fused-ring (bicyclic) bond motifs is 3. The molecule has 2 aliphatic carbocycles. The lowest BCUT2D eigenvalue weighted by Crippen LogP contribution is -2.61. The molecule has 72 heavy (non-hydrogen) atoms. The second-order valence-electron chi connectivity index (χ2n) is 21.3. The number of cyclic esters (lactones) is 1. The number of esters is 1. The lowest BCUT2D eigenvalue weighted by Gasteiger charge is -2.47. The van der Waals surface area contributed by atoms with Gasteiger partial charge in [-0.1, -0.05) is 45.4 Å². The predicted octanol–water partition coefficient (Wildman–Crippen LogP) is 7.77. The molecule has 400 valence electrons. The number of aliphatic hydroxyl groups is 2. The third-order valence-corrected chi connectivity index (χ3v) is 16.3. The number of nitrogens with zero attached hydrogens (tertiary/aromatic N) is 2. The lowest BCUT2D eigenvalue weighted by atomic mass is 9.65. The van der Waals surface area contributed by atoms with E-state index in [1.165, 1.54) is 4.90 Å². The number of aromatic amines is 1. The summed E-state index contributed by atoms with van der Waals surface area (Å²) >= 11 is 0. The van der Waals surface area contributed by atoms with E-state index in [2.05, 4.69) is 23.0 Å². The molecule has 1 aromatic carbocycles. The van der Waals surface area contributed by atoms with Crippen molar-refractivity contribution in [3.63, 3.8) is 0 Å². The van der Waals surface area contributed by atoms with Crippen LogP contribution in [0.25, 0.3) is 11.3 Å². The number of carbonyl (C=O) groups is 4. The van der Waals surface area contributed by atoms with Crippen LogP contribution >= 0.6 is 0 Å². The van der Waals surface area contributed by atoms with Crippen molar-refractivity contribution >= 4 is 23.4 Å². The first-order chi connectivity index (χ1) is 34.4. The number of aliphatic hydroxyl groups excluding tert-OH is 1. The first kappa shape index (κ1) is 56.8. The first-order valence-corrected chi connectivity index (χ1v) is 26.2. The number of ether oxygens (including phenoxy) is 7. The molecular formula is C56H83N3O13. The van der Waals surface area contributed by atoms with Gasteiger partial charge in [0.1, 0.15) is 47.5 Å². The van der Waals surface area contributed by atoms with E-state index < -0.39 is 71.3 Å². The number of amides is 1. The van der Waals surface area contributed by atoms with Crippen LogP contribution in [0, 0.1) is 35.5 Å². The number of benzene rings is 1. The highest BCUT2D eigenvalue weighted by Crippen LogP contribution is 2.44. The number of piperidine rings is 1. The Morgan fingerprint density at radius 2 is 1.58 bits per heavy atom. The summed E-state index contributed by atoms with van der Waals surface area (Å²) in [6.45, 7) is 11.9. The molecule has 2 saturated carbocycles.